The van der Waals surface area contributed by atoms with Gasteiger partial charge >= 0.3 is 0 Å². The highest BCUT2D eigenvalue weighted by molar-refractivity contribution is 7.86. The van der Waals surface area contributed by atoms with Crippen LogP contribution in [-0.2, 0) is 26.8 Å². The van der Waals surface area contributed by atoms with Crippen molar-refractivity contribution in [2.45, 2.75) is 19.4 Å². The number of hydrogen-bond acceptors (Lipinski definition) is 5. The highest BCUT2D eigenvalue weighted by atomic mass is 32.2. The fraction of sp³-hybridized carbons (Fsp3) is 0.240. The molecule has 2 heterocycles. The Morgan fingerprint density at radius 2 is 1.49 bits per heavy atom. The van der Waals surface area contributed by atoms with Crippen molar-refractivity contribution in [2.24, 2.45) is 0 Å². The maximum atomic E-state index is 11.3. The van der Waals surface area contributed by atoms with E-state index in [1.54, 1.807) is 0 Å². The minimum Gasteiger partial charge on any atom is -0.341 e. The Labute approximate surface area is 205 Å². The fourth-order valence-electron chi connectivity index (χ4n) is 4.27. The average Bonchev–Trinajstić information content (AvgIpc) is 2.80. The molecule has 3 aromatic rings. The molecule has 35 heavy (non-hydrogen) atoms. The Hall–Kier alpha value is -3.05. The predicted molar refractivity (Wildman–Crippen MR) is 137 cm³/mol. The number of aryl methyl sites for hydroxylation is 1. The molecule has 1 aromatic heterocycles. The summed E-state index contributed by atoms with van der Waals surface area (Å²) in [6, 6.07) is 19.5. The van der Waals surface area contributed by atoms with Crippen molar-refractivity contribution in [3.63, 3.8) is 0 Å². The molecule has 184 valence electrons. The van der Waals surface area contributed by atoms with Gasteiger partial charge in [0, 0.05) is 47.9 Å². The van der Waals surface area contributed by atoms with Gasteiger partial charge in [0.05, 0.1) is 11.5 Å². The first-order chi connectivity index (χ1) is 16.6. The Morgan fingerprint density at radius 3 is 2.26 bits per heavy atom. The summed E-state index contributed by atoms with van der Waals surface area (Å²) >= 11 is 0. The van der Waals surface area contributed by atoms with Crippen LogP contribution in [0.1, 0.15) is 24.1 Å². The molecule has 2 aromatic carbocycles. The van der Waals surface area contributed by atoms with Crippen LogP contribution < -0.4 is 9.47 Å². The maximum Gasteiger partial charge on any atom is 0.265 e. The second-order valence-electron chi connectivity index (χ2n) is 8.36. The van der Waals surface area contributed by atoms with E-state index in [4.69, 9.17) is 0 Å². The molecular weight excluding hydrogens is 488 g/mol. The lowest BCUT2D eigenvalue weighted by molar-refractivity contribution is -0.673. The van der Waals surface area contributed by atoms with E-state index >= 15 is 0 Å². The number of rotatable bonds is 9. The van der Waals surface area contributed by atoms with Crippen molar-refractivity contribution in [2.75, 3.05) is 23.0 Å². The molecule has 1 aliphatic rings. The van der Waals surface area contributed by atoms with Crippen molar-refractivity contribution in [1.82, 2.24) is 0 Å². The number of aromatic nitrogens is 1. The van der Waals surface area contributed by atoms with Gasteiger partial charge in [-0.15, -0.1) is 0 Å². The van der Waals surface area contributed by atoms with Crippen LogP contribution in [0.2, 0.25) is 0 Å². The summed E-state index contributed by atoms with van der Waals surface area (Å²) in [5.74, 6) is -0.678. The second-order valence-corrected chi connectivity index (χ2v) is 11.5. The number of allylic oxidation sites excluding steroid dienone is 1. The molecule has 0 saturated carbocycles. The highest BCUT2D eigenvalue weighted by Crippen LogP contribution is 2.31. The third-order valence-electron chi connectivity index (χ3n) is 5.81. The van der Waals surface area contributed by atoms with E-state index in [9.17, 15) is 25.9 Å². The fourth-order valence-corrected chi connectivity index (χ4v) is 5.26. The molecule has 10 heteroatoms. The van der Waals surface area contributed by atoms with Crippen molar-refractivity contribution in [1.29, 1.82) is 0 Å². The summed E-state index contributed by atoms with van der Waals surface area (Å²) in [5, 5.41) is 0.996. The number of benzene rings is 2. The Bertz CT molecular complexity index is 1510. The third-order valence-corrected chi connectivity index (χ3v) is 7.42. The molecule has 0 fully saturated rings. The van der Waals surface area contributed by atoms with E-state index in [0.29, 0.717) is 13.1 Å². The van der Waals surface area contributed by atoms with Crippen LogP contribution in [0.4, 0.5) is 5.69 Å². The number of anilines is 1. The molecular formula is C25H27N2O6S2+. The molecule has 8 nitrogen and oxygen atoms in total. The number of fused-ring (bicyclic) bond motifs is 2. The molecule has 2 N–H and O–H groups in total. The molecule has 0 unspecified atom stereocenters. The quantitative estimate of drug-likeness (QED) is 0.331. The van der Waals surface area contributed by atoms with Crippen molar-refractivity contribution in [3.8, 4) is 0 Å². The smallest absolute Gasteiger partial charge is 0.265 e. The minimum atomic E-state index is -4.07. The first-order valence-corrected chi connectivity index (χ1v) is 14.4. The summed E-state index contributed by atoms with van der Waals surface area (Å²) in [6.07, 6.45) is 6.40. The van der Waals surface area contributed by atoms with Gasteiger partial charge in [-0.3, -0.25) is 9.11 Å². The molecule has 0 radical (unpaired) electrons. The van der Waals surface area contributed by atoms with Gasteiger partial charge in [0.25, 0.3) is 20.2 Å². The molecule has 0 atom stereocenters. The summed E-state index contributed by atoms with van der Waals surface area (Å²) in [7, 11) is -8.14. The Balaban J connectivity index is 1.74. The normalized spacial score (nSPS) is 15.0. The largest absolute Gasteiger partial charge is 0.341 e. The van der Waals surface area contributed by atoms with Gasteiger partial charge in [0.15, 0.2) is 6.54 Å². The second kappa shape index (κ2) is 10.3. The summed E-state index contributed by atoms with van der Waals surface area (Å²) in [6.45, 7) is 0.757. The van der Waals surface area contributed by atoms with Crippen molar-refractivity contribution >= 4 is 49.0 Å². The topological polar surface area (TPSA) is 116 Å². The number of pyridine rings is 1. The summed E-state index contributed by atoms with van der Waals surface area (Å²) < 4.78 is 65.5. The number of para-hydroxylation sites is 2. The van der Waals surface area contributed by atoms with Crippen LogP contribution in [0.15, 0.2) is 72.4 Å². The molecule has 0 saturated heterocycles. The number of hydrogen-bond donors (Lipinski definition) is 2. The van der Waals surface area contributed by atoms with Gasteiger partial charge in [-0.05, 0) is 36.3 Å². The van der Waals surface area contributed by atoms with Crippen LogP contribution in [-0.4, -0.2) is 44.0 Å². The van der Waals surface area contributed by atoms with E-state index in [-0.39, 0.29) is 24.3 Å². The minimum absolute atomic E-state index is 0.241. The predicted octanol–water partition coefficient (Wildman–Crippen LogP) is 3.56. The van der Waals surface area contributed by atoms with Gasteiger partial charge in [0.1, 0.15) is 0 Å². The molecule has 0 bridgehead atoms. The van der Waals surface area contributed by atoms with E-state index < -0.39 is 20.2 Å². The van der Waals surface area contributed by atoms with Crippen LogP contribution in [0.5, 0.6) is 0 Å². The Morgan fingerprint density at radius 1 is 0.800 bits per heavy atom. The van der Waals surface area contributed by atoms with Gasteiger partial charge < -0.3 is 4.90 Å². The standard InChI is InChI=1S/C25H26N2O6S2/c28-34(29,30)17-5-15-26-22(13-11-20-7-1-3-9-24(20)26)19-23-14-12-21-8-2-4-10-25(21)27(23)16-6-18-35(31,32)33/h1-4,7-14,19H,5-6,15-18H2,(H-,28,29,30,31,32,33)/p+1. The summed E-state index contributed by atoms with van der Waals surface area (Å²) in [5.41, 5.74) is 4.51. The van der Waals surface area contributed by atoms with Crippen molar-refractivity contribution < 1.29 is 30.5 Å². The lowest BCUT2D eigenvalue weighted by atomic mass is 10.0. The highest BCUT2D eigenvalue weighted by Gasteiger charge is 2.21. The monoisotopic (exact) mass is 515 g/mol. The van der Waals surface area contributed by atoms with Crippen LogP contribution in [0.3, 0.4) is 0 Å². The van der Waals surface area contributed by atoms with E-state index in [1.807, 2.05) is 88.4 Å². The molecule has 4 rings (SSSR count). The van der Waals surface area contributed by atoms with E-state index in [1.165, 1.54) is 0 Å². The lowest BCUT2D eigenvalue weighted by Crippen LogP contribution is -2.39. The van der Waals surface area contributed by atoms with Crippen LogP contribution in [0, 0.1) is 0 Å². The lowest BCUT2D eigenvalue weighted by Gasteiger charge is -2.30. The zero-order chi connectivity index (χ0) is 25.1. The van der Waals surface area contributed by atoms with E-state index in [0.717, 1.165) is 33.5 Å². The molecule has 0 aliphatic carbocycles. The zero-order valence-electron chi connectivity index (χ0n) is 19.0. The van der Waals surface area contributed by atoms with Gasteiger partial charge in [-0.2, -0.15) is 21.4 Å². The van der Waals surface area contributed by atoms with E-state index in [2.05, 4.69) is 0 Å². The van der Waals surface area contributed by atoms with Crippen LogP contribution >= 0.6 is 0 Å². The van der Waals surface area contributed by atoms with Crippen molar-refractivity contribution in [3.05, 3.63) is 83.7 Å². The van der Waals surface area contributed by atoms with Gasteiger partial charge in [-0.25, -0.2) is 0 Å². The molecule has 0 amide bonds. The molecule has 1 aliphatic heterocycles. The first-order valence-electron chi connectivity index (χ1n) is 11.2. The van der Waals surface area contributed by atoms with Gasteiger partial charge in [0.2, 0.25) is 11.2 Å². The maximum absolute atomic E-state index is 11.3. The first kappa shape index (κ1) is 25.1. The molecule has 0 spiro atoms. The summed E-state index contributed by atoms with van der Waals surface area (Å²) in [4.78, 5) is 2.01. The third kappa shape index (κ3) is 6.55. The SMILES string of the molecule is O=S(=O)(O)CCCN1C(=Cc2ccc3ccccc3[n+]2CCCS(=O)(=O)O)C=Cc2ccccc21. The van der Waals surface area contributed by atoms with Gasteiger partial charge in [-0.1, -0.05) is 36.4 Å². The average molecular weight is 516 g/mol. The van der Waals surface area contributed by atoms with Crippen LogP contribution in [0.25, 0.3) is 23.1 Å². The zero-order valence-corrected chi connectivity index (χ0v) is 20.6. The Kier molecular flexibility index (Phi) is 7.36. The number of nitrogens with zero attached hydrogens (tertiary/aromatic N) is 2.